The molecule has 1 fully saturated rings. The largest absolute Gasteiger partial charge is 0.327 e. The maximum absolute atomic E-state index is 5.90. The van der Waals surface area contributed by atoms with Gasteiger partial charge in [0.2, 0.25) is 0 Å². The zero-order valence-corrected chi connectivity index (χ0v) is 10.1. The van der Waals surface area contributed by atoms with Gasteiger partial charge in [-0.05, 0) is 30.2 Å². The van der Waals surface area contributed by atoms with E-state index in [1.165, 1.54) is 5.56 Å². The molecule has 4 heteroatoms. The van der Waals surface area contributed by atoms with Crippen LogP contribution in [0.5, 0.6) is 0 Å². The number of halogens is 1. The number of hydrogen-bond acceptors (Lipinski definition) is 3. The molecule has 0 unspecified atom stereocenters. The van der Waals surface area contributed by atoms with Gasteiger partial charge in [-0.1, -0.05) is 17.7 Å². The van der Waals surface area contributed by atoms with E-state index in [1.54, 1.807) is 11.3 Å². The summed E-state index contributed by atoms with van der Waals surface area (Å²) in [5.41, 5.74) is 8.04. The third-order valence-corrected chi connectivity index (χ3v) is 4.13. The first kappa shape index (κ1) is 10.3. The minimum Gasteiger partial charge on any atom is -0.327 e. The van der Waals surface area contributed by atoms with E-state index < -0.39 is 0 Å². The normalized spacial score (nSPS) is 23.4. The topological polar surface area (TPSA) is 38.9 Å². The van der Waals surface area contributed by atoms with E-state index in [-0.39, 0.29) is 0 Å². The zero-order chi connectivity index (χ0) is 11.1. The first-order valence-corrected chi connectivity index (χ1v) is 6.41. The molecule has 2 aromatic heterocycles. The summed E-state index contributed by atoms with van der Waals surface area (Å²) < 4.78 is 0.796. The molecule has 1 saturated carbocycles. The van der Waals surface area contributed by atoms with E-state index in [4.69, 9.17) is 17.3 Å². The van der Waals surface area contributed by atoms with Crippen LogP contribution in [-0.4, -0.2) is 11.0 Å². The summed E-state index contributed by atoms with van der Waals surface area (Å²) in [5, 5.41) is 0. The Bertz CT molecular complexity index is 506. The predicted molar refractivity (Wildman–Crippen MR) is 67.9 cm³/mol. The lowest BCUT2D eigenvalue weighted by molar-refractivity contribution is 0.981. The van der Waals surface area contributed by atoms with Crippen molar-refractivity contribution in [1.29, 1.82) is 0 Å². The third-order valence-electron chi connectivity index (χ3n) is 2.88. The fourth-order valence-electron chi connectivity index (χ4n) is 1.82. The van der Waals surface area contributed by atoms with Crippen LogP contribution in [0.15, 0.2) is 30.5 Å². The van der Waals surface area contributed by atoms with Gasteiger partial charge in [-0.3, -0.25) is 4.98 Å². The highest BCUT2D eigenvalue weighted by atomic mass is 35.5. The molecule has 2 heterocycles. The minimum atomic E-state index is 0.337. The Labute approximate surface area is 103 Å². The average molecular weight is 251 g/mol. The second kappa shape index (κ2) is 3.84. The lowest BCUT2D eigenvalue weighted by atomic mass is 10.1. The molecule has 2 atom stereocenters. The number of aromatic nitrogens is 1. The van der Waals surface area contributed by atoms with Gasteiger partial charge >= 0.3 is 0 Å². The Hall–Kier alpha value is -0.900. The zero-order valence-electron chi connectivity index (χ0n) is 8.56. The number of rotatable bonds is 2. The molecule has 2 nitrogen and oxygen atoms in total. The van der Waals surface area contributed by atoms with Crippen molar-refractivity contribution < 1.29 is 0 Å². The Morgan fingerprint density at radius 3 is 2.62 bits per heavy atom. The van der Waals surface area contributed by atoms with E-state index in [9.17, 15) is 0 Å². The van der Waals surface area contributed by atoms with Crippen LogP contribution in [-0.2, 0) is 0 Å². The van der Waals surface area contributed by atoms with Crippen LogP contribution in [0.25, 0.3) is 10.6 Å². The molecule has 1 aliphatic carbocycles. The van der Waals surface area contributed by atoms with E-state index in [0.29, 0.717) is 12.0 Å². The van der Waals surface area contributed by atoms with Crippen molar-refractivity contribution in [3.8, 4) is 10.6 Å². The van der Waals surface area contributed by atoms with E-state index in [1.807, 2.05) is 24.4 Å². The first-order valence-electron chi connectivity index (χ1n) is 5.21. The van der Waals surface area contributed by atoms with Gasteiger partial charge in [0.1, 0.15) is 0 Å². The molecule has 0 saturated heterocycles. The number of nitrogens with two attached hydrogens (primary N) is 1. The second-order valence-electron chi connectivity index (χ2n) is 4.09. The lowest BCUT2D eigenvalue weighted by Crippen LogP contribution is -2.01. The fourth-order valence-corrected chi connectivity index (χ4v) is 2.84. The first-order chi connectivity index (χ1) is 7.74. The Morgan fingerprint density at radius 2 is 2.12 bits per heavy atom. The second-order valence-corrected chi connectivity index (χ2v) is 5.80. The molecule has 3 rings (SSSR count). The summed E-state index contributed by atoms with van der Waals surface area (Å²) in [6.07, 6.45) is 3.02. The predicted octanol–water partition coefficient (Wildman–Crippen LogP) is 3.28. The summed E-state index contributed by atoms with van der Waals surface area (Å²) in [6.45, 7) is 0. The molecule has 2 N–H and O–H groups in total. The van der Waals surface area contributed by atoms with Crippen LogP contribution in [0.4, 0.5) is 0 Å². The van der Waals surface area contributed by atoms with Crippen LogP contribution >= 0.6 is 22.9 Å². The van der Waals surface area contributed by atoms with Crippen LogP contribution in [0.1, 0.15) is 17.9 Å². The number of hydrogen-bond donors (Lipinski definition) is 1. The molecule has 0 amide bonds. The SMILES string of the molecule is N[C@@H]1C[C@H]1c1ccc(-c2ccc(Cl)s2)nc1. The average Bonchev–Trinajstić information content (AvgIpc) is 2.86. The van der Waals surface area contributed by atoms with Crippen molar-refractivity contribution in [3.05, 3.63) is 40.4 Å². The van der Waals surface area contributed by atoms with Gasteiger partial charge < -0.3 is 5.73 Å². The smallest absolute Gasteiger partial charge is 0.0935 e. The van der Waals surface area contributed by atoms with Crippen molar-refractivity contribution in [2.45, 2.75) is 18.4 Å². The standard InChI is InChI=1S/C12H11ClN2S/c13-12-4-3-11(16-12)10-2-1-7(6-15-10)8-5-9(8)14/h1-4,6,8-9H,5,14H2/t8-,9+/m0/s1. The number of pyridine rings is 1. The molecule has 0 bridgehead atoms. The van der Waals surface area contributed by atoms with Crippen LogP contribution in [0, 0.1) is 0 Å². The van der Waals surface area contributed by atoms with E-state index in [2.05, 4.69) is 11.1 Å². The molecule has 0 aliphatic heterocycles. The summed E-state index contributed by atoms with van der Waals surface area (Å²) >= 11 is 7.44. The van der Waals surface area contributed by atoms with Gasteiger partial charge in [0.25, 0.3) is 0 Å². The third kappa shape index (κ3) is 1.86. The maximum Gasteiger partial charge on any atom is 0.0935 e. The van der Waals surface area contributed by atoms with Crippen molar-refractivity contribution in [1.82, 2.24) is 4.98 Å². The molecule has 0 spiro atoms. The number of thiophene rings is 1. The highest BCUT2D eigenvalue weighted by Gasteiger charge is 2.34. The molecule has 0 radical (unpaired) electrons. The minimum absolute atomic E-state index is 0.337. The van der Waals surface area contributed by atoms with Gasteiger partial charge in [0.05, 0.1) is 14.9 Å². The molecule has 0 aromatic carbocycles. The van der Waals surface area contributed by atoms with Gasteiger partial charge in [-0.15, -0.1) is 11.3 Å². The Morgan fingerprint density at radius 1 is 1.31 bits per heavy atom. The monoisotopic (exact) mass is 250 g/mol. The highest BCUT2D eigenvalue weighted by molar-refractivity contribution is 7.19. The van der Waals surface area contributed by atoms with Crippen LogP contribution in [0.3, 0.4) is 0 Å². The summed E-state index contributed by atoms with van der Waals surface area (Å²) in [5.74, 6) is 0.522. The van der Waals surface area contributed by atoms with Crippen molar-refractivity contribution in [2.75, 3.05) is 0 Å². The maximum atomic E-state index is 5.90. The molecular formula is C12H11ClN2S. The Kier molecular flexibility index (Phi) is 2.46. The van der Waals surface area contributed by atoms with Gasteiger partial charge in [-0.2, -0.15) is 0 Å². The van der Waals surface area contributed by atoms with E-state index >= 15 is 0 Å². The van der Waals surface area contributed by atoms with Crippen LogP contribution in [0.2, 0.25) is 4.34 Å². The molecule has 82 valence electrons. The quantitative estimate of drug-likeness (QED) is 0.889. The highest BCUT2D eigenvalue weighted by Crippen LogP contribution is 2.39. The van der Waals surface area contributed by atoms with Crippen LogP contribution < -0.4 is 5.73 Å². The number of nitrogens with zero attached hydrogens (tertiary/aromatic N) is 1. The molecule has 2 aromatic rings. The van der Waals surface area contributed by atoms with E-state index in [0.717, 1.165) is 21.3 Å². The lowest BCUT2D eigenvalue weighted by Gasteiger charge is -2.00. The molecule has 16 heavy (non-hydrogen) atoms. The van der Waals surface area contributed by atoms with Crippen molar-refractivity contribution in [2.24, 2.45) is 5.73 Å². The summed E-state index contributed by atoms with van der Waals surface area (Å²) in [7, 11) is 0. The molecule has 1 aliphatic rings. The van der Waals surface area contributed by atoms with Gasteiger partial charge in [-0.25, -0.2) is 0 Å². The van der Waals surface area contributed by atoms with Gasteiger partial charge in [0, 0.05) is 18.2 Å². The fraction of sp³-hybridized carbons (Fsp3) is 0.250. The summed E-state index contributed by atoms with van der Waals surface area (Å²) in [6, 6.07) is 8.39. The van der Waals surface area contributed by atoms with Crippen molar-refractivity contribution >= 4 is 22.9 Å². The van der Waals surface area contributed by atoms with Crippen molar-refractivity contribution in [3.63, 3.8) is 0 Å². The van der Waals surface area contributed by atoms with Gasteiger partial charge in [0.15, 0.2) is 0 Å². The summed E-state index contributed by atoms with van der Waals surface area (Å²) in [4.78, 5) is 5.56. The molecular weight excluding hydrogens is 240 g/mol. The Balaban J connectivity index is 1.87.